The van der Waals surface area contributed by atoms with E-state index in [1.54, 1.807) is 17.0 Å². The molecule has 6 nitrogen and oxygen atoms in total. The Morgan fingerprint density at radius 1 is 1.10 bits per heavy atom. The third-order valence-electron chi connectivity index (χ3n) is 5.30. The molecule has 0 radical (unpaired) electrons. The van der Waals surface area contributed by atoms with Crippen molar-refractivity contribution in [3.63, 3.8) is 0 Å². The van der Waals surface area contributed by atoms with Crippen molar-refractivity contribution in [3.05, 3.63) is 53.6 Å². The van der Waals surface area contributed by atoms with Crippen molar-refractivity contribution in [2.75, 3.05) is 22.5 Å². The molecular formula is C21H20F2N2O4S. The summed E-state index contributed by atoms with van der Waals surface area (Å²) in [4.78, 5) is 26.1. The molecule has 1 saturated carbocycles. The standard InChI is InChI=1S/C21H20F2N2O4S/c22-15-3-5-17(23)18(12-15)24-20(26)8-10-30(28,29)16-4-6-19-14(11-16)7-9-25(19)21(27)13-1-2-13/h3-6,11-13H,1-2,7-10H2,(H,24,26). The highest BCUT2D eigenvalue weighted by Gasteiger charge is 2.36. The average Bonchev–Trinajstić information content (AvgIpc) is 3.47. The van der Waals surface area contributed by atoms with Crippen LogP contribution >= 0.6 is 0 Å². The molecule has 0 bridgehead atoms. The summed E-state index contributed by atoms with van der Waals surface area (Å²) in [6.45, 7) is 0.537. The van der Waals surface area contributed by atoms with Crippen LogP contribution in [0, 0.1) is 17.6 Å². The van der Waals surface area contributed by atoms with Gasteiger partial charge in [0.1, 0.15) is 11.6 Å². The Kier molecular flexibility index (Phi) is 5.31. The fraction of sp³-hybridized carbons (Fsp3) is 0.333. The largest absolute Gasteiger partial charge is 0.323 e. The van der Waals surface area contributed by atoms with Crippen LogP contribution in [0.2, 0.25) is 0 Å². The quantitative estimate of drug-likeness (QED) is 0.758. The average molecular weight is 434 g/mol. The lowest BCUT2D eigenvalue weighted by Gasteiger charge is -2.17. The highest BCUT2D eigenvalue weighted by molar-refractivity contribution is 7.91. The maximum Gasteiger partial charge on any atom is 0.230 e. The van der Waals surface area contributed by atoms with Crippen LogP contribution in [-0.4, -0.2) is 32.5 Å². The second-order valence-corrected chi connectivity index (χ2v) is 9.66. The topological polar surface area (TPSA) is 83.6 Å². The maximum absolute atomic E-state index is 13.6. The van der Waals surface area contributed by atoms with Gasteiger partial charge in [0, 0.05) is 30.6 Å². The Hall–Kier alpha value is -2.81. The molecule has 2 aliphatic rings. The number of nitrogens with one attached hydrogen (secondary N) is 1. The van der Waals surface area contributed by atoms with Gasteiger partial charge in [-0.2, -0.15) is 0 Å². The zero-order chi connectivity index (χ0) is 21.5. The van der Waals surface area contributed by atoms with Crippen molar-refractivity contribution in [1.29, 1.82) is 0 Å². The first-order valence-electron chi connectivity index (χ1n) is 9.66. The molecule has 1 heterocycles. The van der Waals surface area contributed by atoms with Crippen molar-refractivity contribution >= 4 is 33.0 Å². The van der Waals surface area contributed by atoms with E-state index in [1.165, 1.54) is 6.07 Å². The van der Waals surface area contributed by atoms with Crippen LogP contribution in [0.4, 0.5) is 20.2 Å². The summed E-state index contributed by atoms with van der Waals surface area (Å²) >= 11 is 0. The van der Waals surface area contributed by atoms with Crippen LogP contribution in [0.1, 0.15) is 24.8 Å². The van der Waals surface area contributed by atoms with E-state index in [0.717, 1.165) is 42.3 Å². The van der Waals surface area contributed by atoms with Gasteiger partial charge < -0.3 is 10.2 Å². The smallest absolute Gasteiger partial charge is 0.230 e. The Morgan fingerprint density at radius 2 is 1.87 bits per heavy atom. The zero-order valence-electron chi connectivity index (χ0n) is 16.0. The van der Waals surface area contributed by atoms with Crippen molar-refractivity contribution in [2.45, 2.75) is 30.6 Å². The molecule has 1 aliphatic heterocycles. The van der Waals surface area contributed by atoms with Crippen molar-refractivity contribution < 1.29 is 26.8 Å². The number of hydrogen-bond acceptors (Lipinski definition) is 4. The van der Waals surface area contributed by atoms with Crippen LogP contribution in [0.5, 0.6) is 0 Å². The molecule has 0 atom stereocenters. The molecule has 4 rings (SSSR count). The predicted octanol–water partition coefficient (Wildman–Crippen LogP) is 3.07. The van der Waals surface area contributed by atoms with Crippen molar-refractivity contribution in [3.8, 4) is 0 Å². The Balaban J connectivity index is 1.42. The molecule has 0 unspecified atom stereocenters. The fourth-order valence-corrected chi connectivity index (χ4v) is 4.79. The van der Waals surface area contributed by atoms with E-state index in [-0.39, 0.29) is 22.4 Å². The monoisotopic (exact) mass is 434 g/mol. The molecule has 2 amide bonds. The minimum Gasteiger partial charge on any atom is -0.323 e. The molecule has 30 heavy (non-hydrogen) atoms. The minimum atomic E-state index is -3.76. The first-order chi connectivity index (χ1) is 14.2. The number of amides is 2. The summed E-state index contributed by atoms with van der Waals surface area (Å²) in [5.74, 6) is -2.56. The lowest BCUT2D eigenvalue weighted by molar-refractivity contribution is -0.119. The number of fused-ring (bicyclic) bond motifs is 1. The van der Waals surface area contributed by atoms with E-state index in [9.17, 15) is 26.8 Å². The lowest BCUT2D eigenvalue weighted by atomic mass is 10.2. The second kappa shape index (κ2) is 7.79. The SMILES string of the molecule is O=C(CCS(=O)(=O)c1ccc2c(c1)CCN2C(=O)C1CC1)Nc1cc(F)ccc1F. The number of hydrogen-bond donors (Lipinski definition) is 1. The normalized spacial score (nSPS) is 15.7. The van der Waals surface area contributed by atoms with E-state index in [4.69, 9.17) is 0 Å². The summed E-state index contributed by atoms with van der Waals surface area (Å²) in [5.41, 5.74) is 1.19. The molecule has 9 heteroatoms. The third-order valence-corrected chi connectivity index (χ3v) is 7.01. The highest BCUT2D eigenvalue weighted by atomic mass is 32.2. The van der Waals surface area contributed by atoms with Gasteiger partial charge in [-0.3, -0.25) is 9.59 Å². The van der Waals surface area contributed by atoms with E-state index in [0.29, 0.717) is 13.0 Å². The molecular weight excluding hydrogens is 414 g/mol. The number of halogens is 2. The highest BCUT2D eigenvalue weighted by Crippen LogP contribution is 2.37. The number of carbonyl (C=O) groups is 2. The van der Waals surface area contributed by atoms with Gasteiger partial charge in [0.25, 0.3) is 0 Å². The number of carbonyl (C=O) groups excluding carboxylic acids is 2. The van der Waals surface area contributed by atoms with Gasteiger partial charge in [-0.15, -0.1) is 0 Å². The first kappa shape index (κ1) is 20.5. The van der Waals surface area contributed by atoms with Gasteiger partial charge >= 0.3 is 0 Å². The predicted molar refractivity (Wildman–Crippen MR) is 107 cm³/mol. The van der Waals surface area contributed by atoms with E-state index in [1.807, 2.05) is 0 Å². The summed E-state index contributed by atoms with van der Waals surface area (Å²) in [5, 5.41) is 2.19. The molecule has 0 saturated heterocycles. The summed E-state index contributed by atoms with van der Waals surface area (Å²) in [7, 11) is -3.76. The van der Waals surface area contributed by atoms with Gasteiger partial charge in [0.15, 0.2) is 9.84 Å². The Bertz CT molecular complexity index is 1130. The maximum atomic E-state index is 13.6. The second-order valence-electron chi connectivity index (χ2n) is 7.55. The van der Waals surface area contributed by atoms with Gasteiger partial charge in [-0.05, 0) is 55.2 Å². The molecule has 1 aliphatic carbocycles. The molecule has 0 aromatic heterocycles. The summed E-state index contributed by atoms with van der Waals surface area (Å²) in [6.07, 6.45) is 1.98. The van der Waals surface area contributed by atoms with Crippen molar-refractivity contribution in [2.24, 2.45) is 5.92 Å². The number of rotatable bonds is 6. The number of benzene rings is 2. The third kappa shape index (κ3) is 4.21. The van der Waals surface area contributed by atoms with Crippen LogP contribution in [0.15, 0.2) is 41.3 Å². The first-order valence-corrected chi connectivity index (χ1v) is 11.3. The molecule has 1 fully saturated rings. The number of sulfone groups is 1. The Labute approximate surface area is 172 Å². The number of nitrogens with zero attached hydrogens (tertiary/aromatic N) is 1. The summed E-state index contributed by atoms with van der Waals surface area (Å²) < 4.78 is 52.1. The molecule has 2 aromatic carbocycles. The van der Waals surface area contributed by atoms with Gasteiger partial charge in [-0.1, -0.05) is 0 Å². The Morgan fingerprint density at radius 3 is 2.60 bits per heavy atom. The van der Waals surface area contributed by atoms with E-state index < -0.39 is 39.6 Å². The minimum absolute atomic E-state index is 0.0757. The van der Waals surface area contributed by atoms with Crippen LogP contribution in [0.3, 0.4) is 0 Å². The molecule has 0 spiro atoms. The van der Waals surface area contributed by atoms with Crippen LogP contribution in [-0.2, 0) is 25.8 Å². The lowest BCUT2D eigenvalue weighted by Crippen LogP contribution is -2.30. The number of anilines is 2. The van der Waals surface area contributed by atoms with Gasteiger partial charge in [0.2, 0.25) is 11.8 Å². The summed E-state index contributed by atoms with van der Waals surface area (Å²) in [6, 6.07) is 7.26. The van der Waals surface area contributed by atoms with Gasteiger partial charge in [-0.25, -0.2) is 17.2 Å². The van der Waals surface area contributed by atoms with Crippen molar-refractivity contribution in [1.82, 2.24) is 0 Å². The molecule has 2 aromatic rings. The molecule has 1 N–H and O–H groups in total. The molecule has 158 valence electrons. The van der Waals surface area contributed by atoms with E-state index >= 15 is 0 Å². The van der Waals surface area contributed by atoms with Gasteiger partial charge in [0.05, 0.1) is 16.3 Å². The van der Waals surface area contributed by atoms with Crippen LogP contribution in [0.25, 0.3) is 0 Å². The zero-order valence-corrected chi connectivity index (χ0v) is 16.8. The fourth-order valence-electron chi connectivity index (χ4n) is 3.50. The van der Waals surface area contributed by atoms with Crippen LogP contribution < -0.4 is 10.2 Å². The van der Waals surface area contributed by atoms with E-state index in [2.05, 4.69) is 5.32 Å².